The van der Waals surface area contributed by atoms with Crippen LogP contribution in [0.25, 0.3) is 0 Å². The lowest BCUT2D eigenvalue weighted by Gasteiger charge is -2.14. The largest absolute Gasteiger partial charge is 0.492 e. The molecular weight excluding hydrogens is 352 g/mol. The van der Waals surface area contributed by atoms with Crippen molar-refractivity contribution in [2.24, 2.45) is 5.92 Å². The predicted octanol–water partition coefficient (Wildman–Crippen LogP) is 3.27. The molecule has 2 N–H and O–H groups in total. The van der Waals surface area contributed by atoms with Crippen molar-refractivity contribution in [3.63, 3.8) is 0 Å². The number of rotatable bonds is 8. The molecule has 0 spiro atoms. The molecule has 0 radical (unpaired) electrons. The van der Waals surface area contributed by atoms with Crippen LogP contribution in [0.15, 0.2) is 53.4 Å². The number of nitrogens with one attached hydrogen (secondary N) is 2. The molecule has 0 unspecified atom stereocenters. The number of amides is 1. The number of ether oxygens (including phenoxy) is 1. The first-order valence-corrected chi connectivity index (χ1v) is 9.94. The SMILES string of the molecule is CCOc1ccc(S(=O)(=O)NCC(C)C)cc1NC(=O)c1ccccc1. The molecule has 0 bridgehead atoms. The molecule has 0 saturated heterocycles. The highest BCUT2D eigenvalue weighted by Crippen LogP contribution is 2.28. The standard InChI is InChI=1S/C19H24N2O4S/c1-4-25-18-11-10-16(26(23,24)20-13-14(2)3)12-17(18)21-19(22)15-8-6-5-7-9-15/h5-12,14,20H,4,13H2,1-3H3,(H,21,22). The summed E-state index contributed by atoms with van der Waals surface area (Å²) in [6.45, 7) is 6.39. The van der Waals surface area contributed by atoms with E-state index in [9.17, 15) is 13.2 Å². The number of hydrogen-bond donors (Lipinski definition) is 2. The highest BCUT2D eigenvalue weighted by molar-refractivity contribution is 7.89. The summed E-state index contributed by atoms with van der Waals surface area (Å²) in [5, 5.41) is 2.73. The summed E-state index contributed by atoms with van der Waals surface area (Å²) in [6.07, 6.45) is 0. The molecule has 140 valence electrons. The van der Waals surface area contributed by atoms with Gasteiger partial charge in [0.1, 0.15) is 5.75 Å². The lowest BCUT2D eigenvalue weighted by molar-refractivity contribution is 0.102. The number of anilines is 1. The van der Waals surface area contributed by atoms with Gasteiger partial charge in [0.05, 0.1) is 17.2 Å². The third kappa shape index (κ3) is 5.31. The molecule has 2 rings (SSSR count). The topological polar surface area (TPSA) is 84.5 Å². The summed E-state index contributed by atoms with van der Waals surface area (Å²) in [7, 11) is -3.67. The predicted molar refractivity (Wildman–Crippen MR) is 102 cm³/mol. The van der Waals surface area contributed by atoms with E-state index in [1.165, 1.54) is 12.1 Å². The summed E-state index contributed by atoms with van der Waals surface area (Å²) in [5.41, 5.74) is 0.786. The maximum atomic E-state index is 12.4. The zero-order valence-corrected chi connectivity index (χ0v) is 16.0. The Morgan fingerprint density at radius 1 is 1.12 bits per heavy atom. The summed E-state index contributed by atoms with van der Waals surface area (Å²) < 4.78 is 33.0. The molecule has 0 aliphatic heterocycles. The Labute approximate surface area is 154 Å². The quantitative estimate of drug-likeness (QED) is 0.740. The van der Waals surface area contributed by atoms with Crippen molar-refractivity contribution in [3.05, 3.63) is 54.1 Å². The third-order valence-corrected chi connectivity index (χ3v) is 4.95. The minimum atomic E-state index is -3.67. The molecular formula is C19H24N2O4S. The first kappa shape index (κ1) is 19.9. The molecule has 0 aliphatic carbocycles. The molecule has 0 heterocycles. The van der Waals surface area contributed by atoms with Gasteiger partial charge in [0.2, 0.25) is 10.0 Å². The Hall–Kier alpha value is -2.38. The summed E-state index contributed by atoms with van der Waals surface area (Å²) >= 11 is 0. The van der Waals surface area contributed by atoms with Crippen molar-refractivity contribution in [1.29, 1.82) is 0 Å². The number of hydrogen-bond acceptors (Lipinski definition) is 4. The fourth-order valence-corrected chi connectivity index (χ4v) is 3.44. The van der Waals surface area contributed by atoms with E-state index in [2.05, 4.69) is 10.0 Å². The van der Waals surface area contributed by atoms with Crippen molar-refractivity contribution in [2.75, 3.05) is 18.5 Å². The van der Waals surface area contributed by atoms with Gasteiger partial charge >= 0.3 is 0 Å². The van der Waals surface area contributed by atoms with E-state index >= 15 is 0 Å². The van der Waals surface area contributed by atoms with E-state index in [0.29, 0.717) is 30.2 Å². The smallest absolute Gasteiger partial charge is 0.255 e. The van der Waals surface area contributed by atoms with Gasteiger partial charge in [-0.2, -0.15) is 0 Å². The first-order valence-electron chi connectivity index (χ1n) is 8.46. The molecule has 1 amide bonds. The fourth-order valence-electron chi connectivity index (χ4n) is 2.20. The zero-order valence-electron chi connectivity index (χ0n) is 15.2. The molecule has 7 heteroatoms. The third-order valence-electron chi connectivity index (χ3n) is 3.53. The number of benzene rings is 2. The molecule has 0 saturated carbocycles. The van der Waals surface area contributed by atoms with E-state index < -0.39 is 10.0 Å². The maximum Gasteiger partial charge on any atom is 0.255 e. The Morgan fingerprint density at radius 2 is 1.81 bits per heavy atom. The number of carbonyl (C=O) groups is 1. The van der Waals surface area contributed by atoms with Crippen molar-refractivity contribution in [1.82, 2.24) is 4.72 Å². The lowest BCUT2D eigenvalue weighted by Crippen LogP contribution is -2.27. The van der Waals surface area contributed by atoms with E-state index in [-0.39, 0.29) is 16.7 Å². The molecule has 2 aromatic carbocycles. The molecule has 26 heavy (non-hydrogen) atoms. The van der Waals surface area contributed by atoms with Crippen molar-refractivity contribution in [2.45, 2.75) is 25.7 Å². The van der Waals surface area contributed by atoms with Crippen LogP contribution in [0.1, 0.15) is 31.1 Å². The minimum absolute atomic E-state index is 0.0740. The van der Waals surface area contributed by atoms with Gasteiger partial charge in [-0.15, -0.1) is 0 Å². The number of sulfonamides is 1. The summed E-state index contributed by atoms with van der Waals surface area (Å²) in [4.78, 5) is 12.5. The van der Waals surface area contributed by atoms with Gasteiger partial charge in [0.25, 0.3) is 5.91 Å². The van der Waals surface area contributed by atoms with Crippen LogP contribution in [0.2, 0.25) is 0 Å². The van der Waals surface area contributed by atoms with E-state index in [1.807, 2.05) is 26.8 Å². The van der Waals surface area contributed by atoms with Gasteiger partial charge in [-0.25, -0.2) is 13.1 Å². The highest BCUT2D eigenvalue weighted by atomic mass is 32.2. The van der Waals surface area contributed by atoms with Crippen LogP contribution in [0, 0.1) is 5.92 Å². The number of carbonyl (C=O) groups excluding carboxylic acids is 1. The van der Waals surface area contributed by atoms with E-state index in [0.717, 1.165) is 0 Å². The molecule has 0 aromatic heterocycles. The summed E-state index contributed by atoms with van der Waals surface area (Å²) in [6, 6.07) is 13.1. The van der Waals surface area contributed by atoms with Gasteiger partial charge in [0.15, 0.2) is 0 Å². The van der Waals surface area contributed by atoms with Crippen molar-refractivity contribution < 1.29 is 17.9 Å². The van der Waals surface area contributed by atoms with Gasteiger partial charge in [0, 0.05) is 12.1 Å². The normalized spacial score (nSPS) is 11.4. The minimum Gasteiger partial charge on any atom is -0.492 e. The van der Waals surface area contributed by atoms with Crippen molar-refractivity contribution >= 4 is 21.6 Å². The lowest BCUT2D eigenvalue weighted by atomic mass is 10.2. The molecule has 0 atom stereocenters. The Balaban J connectivity index is 2.32. The molecule has 0 aliphatic rings. The van der Waals surface area contributed by atoms with E-state index in [1.54, 1.807) is 30.3 Å². The zero-order chi connectivity index (χ0) is 19.2. The Bertz CT molecular complexity index is 849. The van der Waals surface area contributed by atoms with Crippen LogP contribution in [-0.2, 0) is 10.0 Å². The van der Waals surface area contributed by atoms with E-state index in [4.69, 9.17) is 4.74 Å². The van der Waals surface area contributed by atoms with Crippen molar-refractivity contribution in [3.8, 4) is 5.75 Å². The van der Waals surface area contributed by atoms with Gasteiger partial charge < -0.3 is 10.1 Å². The Kier molecular flexibility index (Phi) is 6.76. The maximum absolute atomic E-state index is 12.4. The monoisotopic (exact) mass is 376 g/mol. The average molecular weight is 376 g/mol. The van der Waals surface area contributed by atoms with Crippen LogP contribution in [0.3, 0.4) is 0 Å². The first-order chi connectivity index (χ1) is 12.3. The second-order valence-electron chi connectivity index (χ2n) is 6.16. The fraction of sp³-hybridized carbons (Fsp3) is 0.316. The van der Waals surface area contributed by atoms with Crippen LogP contribution in [0.4, 0.5) is 5.69 Å². The van der Waals surface area contributed by atoms with Gasteiger partial charge in [-0.05, 0) is 43.2 Å². The van der Waals surface area contributed by atoms with Gasteiger partial charge in [-0.1, -0.05) is 32.0 Å². The second-order valence-corrected chi connectivity index (χ2v) is 7.92. The van der Waals surface area contributed by atoms with Crippen LogP contribution >= 0.6 is 0 Å². The molecule has 0 fully saturated rings. The average Bonchev–Trinajstić information content (AvgIpc) is 2.62. The Morgan fingerprint density at radius 3 is 2.42 bits per heavy atom. The van der Waals surface area contributed by atoms with Crippen LogP contribution < -0.4 is 14.8 Å². The van der Waals surface area contributed by atoms with Crippen LogP contribution in [0.5, 0.6) is 5.75 Å². The summed E-state index contributed by atoms with van der Waals surface area (Å²) in [5.74, 6) is 0.264. The molecule has 2 aromatic rings. The highest BCUT2D eigenvalue weighted by Gasteiger charge is 2.18. The van der Waals surface area contributed by atoms with Crippen LogP contribution in [-0.4, -0.2) is 27.5 Å². The van der Waals surface area contributed by atoms with Gasteiger partial charge in [-0.3, -0.25) is 4.79 Å². The second kappa shape index (κ2) is 8.82. The molecule has 6 nitrogen and oxygen atoms in total.